The van der Waals surface area contributed by atoms with Gasteiger partial charge in [0.25, 0.3) is 0 Å². The monoisotopic (exact) mass is 147 g/mol. The molecule has 0 saturated carbocycles. The van der Waals surface area contributed by atoms with Gasteiger partial charge in [0, 0.05) is 6.04 Å². The molecule has 0 bridgehead atoms. The van der Waals surface area contributed by atoms with Gasteiger partial charge in [-0.05, 0) is 21.0 Å². The van der Waals surface area contributed by atoms with Gasteiger partial charge in [0.15, 0.2) is 6.10 Å². The molecule has 0 saturated heterocycles. The highest BCUT2D eigenvalue weighted by Crippen LogP contribution is 1.98. The lowest BCUT2D eigenvalue weighted by atomic mass is 10.2. The Morgan fingerprint density at radius 2 is 1.90 bits per heavy atom. The van der Waals surface area contributed by atoms with Crippen molar-refractivity contribution >= 4 is 5.97 Å². The molecule has 0 rings (SSSR count). The van der Waals surface area contributed by atoms with Gasteiger partial charge < -0.3 is 15.1 Å². The predicted molar refractivity (Wildman–Crippen MR) is 36.8 cm³/mol. The summed E-state index contributed by atoms with van der Waals surface area (Å²) < 4.78 is 0. The van der Waals surface area contributed by atoms with Crippen LogP contribution in [0, 0.1) is 0 Å². The summed E-state index contributed by atoms with van der Waals surface area (Å²) in [6, 6.07) is -0.350. The molecule has 0 aromatic heterocycles. The van der Waals surface area contributed by atoms with E-state index in [1.807, 2.05) is 0 Å². The van der Waals surface area contributed by atoms with Gasteiger partial charge in [0.1, 0.15) is 0 Å². The first-order chi connectivity index (χ1) is 4.46. The minimum Gasteiger partial charge on any atom is -0.479 e. The topological polar surface area (TPSA) is 60.8 Å². The Balaban J connectivity index is 3.94. The molecule has 0 aromatic carbocycles. The standard InChI is InChI=1S/C6H13NO3/c1-4(7(2)3)5(8)6(9)10/h4-5,8H,1-3H3,(H,9,10)/t4-,5+/m0/s1. The van der Waals surface area contributed by atoms with Gasteiger partial charge in [-0.3, -0.25) is 0 Å². The molecule has 0 fully saturated rings. The van der Waals surface area contributed by atoms with Crippen LogP contribution in [0.25, 0.3) is 0 Å². The fourth-order valence-corrected chi connectivity index (χ4v) is 0.489. The van der Waals surface area contributed by atoms with Crippen molar-refractivity contribution in [2.45, 2.75) is 19.1 Å². The number of aliphatic hydroxyl groups is 1. The van der Waals surface area contributed by atoms with Crippen molar-refractivity contribution < 1.29 is 15.0 Å². The maximum Gasteiger partial charge on any atom is 0.334 e. The molecule has 0 aromatic rings. The van der Waals surface area contributed by atoms with Crippen LogP contribution in [0.4, 0.5) is 0 Å². The van der Waals surface area contributed by atoms with Crippen LogP contribution in [0.1, 0.15) is 6.92 Å². The summed E-state index contributed by atoms with van der Waals surface area (Å²) in [5.74, 6) is -1.18. The number of nitrogens with zero attached hydrogens (tertiary/aromatic N) is 1. The van der Waals surface area contributed by atoms with Gasteiger partial charge in [-0.1, -0.05) is 0 Å². The van der Waals surface area contributed by atoms with Crippen molar-refractivity contribution in [2.75, 3.05) is 14.1 Å². The first kappa shape index (κ1) is 9.39. The summed E-state index contributed by atoms with van der Waals surface area (Å²) in [6.45, 7) is 1.65. The zero-order chi connectivity index (χ0) is 8.31. The van der Waals surface area contributed by atoms with Gasteiger partial charge in [-0.15, -0.1) is 0 Å². The van der Waals surface area contributed by atoms with Crippen LogP contribution in [0.2, 0.25) is 0 Å². The van der Waals surface area contributed by atoms with Crippen molar-refractivity contribution in [3.8, 4) is 0 Å². The largest absolute Gasteiger partial charge is 0.479 e. The number of rotatable bonds is 3. The van der Waals surface area contributed by atoms with Gasteiger partial charge >= 0.3 is 5.97 Å². The van der Waals surface area contributed by atoms with Crippen LogP contribution < -0.4 is 0 Å². The van der Waals surface area contributed by atoms with Crippen LogP contribution in [0.3, 0.4) is 0 Å². The quantitative estimate of drug-likeness (QED) is 0.558. The van der Waals surface area contributed by atoms with Crippen LogP contribution in [0.15, 0.2) is 0 Å². The van der Waals surface area contributed by atoms with Crippen LogP contribution >= 0.6 is 0 Å². The molecule has 0 aliphatic heterocycles. The second kappa shape index (κ2) is 3.53. The number of carboxylic acid groups (broad SMARTS) is 1. The van der Waals surface area contributed by atoms with E-state index in [0.29, 0.717) is 0 Å². The van der Waals surface area contributed by atoms with E-state index >= 15 is 0 Å². The Kier molecular flexibility index (Phi) is 3.32. The average molecular weight is 147 g/mol. The van der Waals surface area contributed by atoms with E-state index in [2.05, 4.69) is 0 Å². The van der Waals surface area contributed by atoms with Crippen molar-refractivity contribution in [3.63, 3.8) is 0 Å². The maximum absolute atomic E-state index is 10.2. The van der Waals surface area contributed by atoms with Crippen LogP contribution in [-0.2, 0) is 4.79 Å². The van der Waals surface area contributed by atoms with E-state index in [1.54, 1.807) is 25.9 Å². The number of hydrogen-bond acceptors (Lipinski definition) is 3. The van der Waals surface area contributed by atoms with Gasteiger partial charge in [-0.25, -0.2) is 4.79 Å². The summed E-state index contributed by atoms with van der Waals surface area (Å²) in [7, 11) is 3.44. The van der Waals surface area contributed by atoms with E-state index in [0.717, 1.165) is 0 Å². The minimum atomic E-state index is -1.30. The van der Waals surface area contributed by atoms with E-state index in [4.69, 9.17) is 10.2 Å². The molecular formula is C6H13NO3. The van der Waals surface area contributed by atoms with Gasteiger partial charge in [0.05, 0.1) is 0 Å². The lowest BCUT2D eigenvalue weighted by Crippen LogP contribution is -2.41. The minimum absolute atomic E-state index is 0.350. The summed E-state index contributed by atoms with van der Waals surface area (Å²) in [4.78, 5) is 11.8. The molecule has 0 aliphatic carbocycles. The lowest BCUT2D eigenvalue weighted by Gasteiger charge is -2.21. The van der Waals surface area contributed by atoms with Gasteiger partial charge in [-0.2, -0.15) is 0 Å². The third-order valence-corrected chi connectivity index (χ3v) is 1.52. The highest BCUT2D eigenvalue weighted by atomic mass is 16.4. The van der Waals surface area contributed by atoms with Crippen LogP contribution in [-0.4, -0.2) is 47.3 Å². The highest BCUT2D eigenvalue weighted by molar-refractivity contribution is 5.72. The molecule has 2 N–H and O–H groups in total. The maximum atomic E-state index is 10.2. The number of aliphatic hydroxyl groups excluding tert-OH is 1. The summed E-state index contributed by atoms with van der Waals surface area (Å²) in [6.07, 6.45) is -1.30. The molecule has 0 spiro atoms. The molecule has 4 nitrogen and oxygen atoms in total. The highest BCUT2D eigenvalue weighted by Gasteiger charge is 2.22. The van der Waals surface area contributed by atoms with E-state index < -0.39 is 12.1 Å². The Labute approximate surface area is 60.1 Å². The molecule has 0 heterocycles. The van der Waals surface area contributed by atoms with Crippen molar-refractivity contribution in [3.05, 3.63) is 0 Å². The summed E-state index contributed by atoms with van der Waals surface area (Å²) in [5.41, 5.74) is 0. The first-order valence-corrected chi connectivity index (χ1v) is 3.04. The van der Waals surface area contributed by atoms with Gasteiger partial charge in [0.2, 0.25) is 0 Å². The molecule has 0 unspecified atom stereocenters. The fraction of sp³-hybridized carbons (Fsp3) is 0.833. The van der Waals surface area contributed by atoms with Crippen molar-refractivity contribution in [1.82, 2.24) is 4.90 Å². The molecule has 10 heavy (non-hydrogen) atoms. The Bertz CT molecular complexity index is 124. The van der Waals surface area contributed by atoms with E-state index in [9.17, 15) is 4.79 Å². The molecule has 0 amide bonds. The number of aliphatic carboxylic acids is 1. The first-order valence-electron chi connectivity index (χ1n) is 3.04. The summed E-state index contributed by atoms with van der Waals surface area (Å²) in [5, 5.41) is 17.2. The SMILES string of the molecule is C[C@@H]([C@@H](O)C(=O)O)N(C)C. The predicted octanol–water partition coefficient (Wildman–Crippen LogP) is -0.618. The Hall–Kier alpha value is -0.610. The summed E-state index contributed by atoms with van der Waals surface area (Å²) >= 11 is 0. The third kappa shape index (κ3) is 2.33. The fourth-order valence-electron chi connectivity index (χ4n) is 0.489. The zero-order valence-corrected chi connectivity index (χ0v) is 6.40. The normalized spacial score (nSPS) is 16.9. The number of carboxylic acids is 1. The number of hydrogen-bond donors (Lipinski definition) is 2. The molecule has 0 aliphatic rings. The second-order valence-corrected chi connectivity index (χ2v) is 2.49. The smallest absolute Gasteiger partial charge is 0.334 e. The molecule has 0 radical (unpaired) electrons. The lowest BCUT2D eigenvalue weighted by molar-refractivity contribution is -0.149. The molecular weight excluding hydrogens is 134 g/mol. The zero-order valence-electron chi connectivity index (χ0n) is 6.40. The Morgan fingerprint density at radius 1 is 1.50 bits per heavy atom. The van der Waals surface area contributed by atoms with Crippen molar-refractivity contribution in [1.29, 1.82) is 0 Å². The molecule has 4 heteroatoms. The number of likely N-dealkylation sites (N-methyl/N-ethyl adjacent to an activating group) is 1. The third-order valence-electron chi connectivity index (χ3n) is 1.52. The Morgan fingerprint density at radius 3 is 2.00 bits per heavy atom. The van der Waals surface area contributed by atoms with E-state index in [-0.39, 0.29) is 6.04 Å². The molecule has 2 atom stereocenters. The molecule has 60 valence electrons. The van der Waals surface area contributed by atoms with E-state index in [1.165, 1.54) is 0 Å². The van der Waals surface area contributed by atoms with Crippen LogP contribution in [0.5, 0.6) is 0 Å². The average Bonchev–Trinajstić information content (AvgIpc) is 1.84. The second-order valence-electron chi connectivity index (χ2n) is 2.49. The number of carbonyl (C=O) groups is 1. The van der Waals surface area contributed by atoms with Crippen molar-refractivity contribution in [2.24, 2.45) is 0 Å².